The second-order valence-electron chi connectivity index (χ2n) is 6.88. The Morgan fingerprint density at radius 1 is 1.11 bits per heavy atom. The van der Waals surface area contributed by atoms with Gasteiger partial charge >= 0.3 is 0 Å². The number of carbonyl (C=O) groups is 1. The first-order chi connectivity index (χ1) is 12.9. The van der Waals surface area contributed by atoms with Crippen LogP contribution in [0, 0.1) is 20.8 Å². The van der Waals surface area contributed by atoms with Crippen LogP contribution >= 0.6 is 23.4 Å². The monoisotopic (exact) mass is 397 g/mol. The molecule has 6 heteroatoms. The summed E-state index contributed by atoms with van der Waals surface area (Å²) in [6.45, 7) is 6.00. The third-order valence-electron chi connectivity index (χ3n) is 4.76. The molecule has 27 heavy (non-hydrogen) atoms. The van der Waals surface area contributed by atoms with Crippen LogP contribution in [0.4, 0.5) is 5.82 Å². The van der Waals surface area contributed by atoms with Crippen molar-refractivity contribution in [3.05, 3.63) is 74.9 Å². The Balaban J connectivity index is 1.76. The lowest BCUT2D eigenvalue weighted by Gasteiger charge is -2.14. The molecule has 0 saturated carbocycles. The van der Waals surface area contributed by atoms with E-state index in [1.807, 2.05) is 73.6 Å². The number of amides is 1. The van der Waals surface area contributed by atoms with Gasteiger partial charge in [0.05, 0.1) is 11.4 Å². The summed E-state index contributed by atoms with van der Waals surface area (Å²) in [5.41, 5.74) is 6.86. The van der Waals surface area contributed by atoms with Crippen molar-refractivity contribution in [2.24, 2.45) is 0 Å². The predicted molar refractivity (Wildman–Crippen MR) is 112 cm³/mol. The first-order valence-electron chi connectivity index (χ1n) is 8.77. The summed E-state index contributed by atoms with van der Waals surface area (Å²) in [5.74, 6) is 2.37. The summed E-state index contributed by atoms with van der Waals surface area (Å²) >= 11 is 7.84. The van der Waals surface area contributed by atoms with Crippen LogP contribution in [0.5, 0.6) is 0 Å². The van der Waals surface area contributed by atoms with Crippen molar-refractivity contribution >= 4 is 35.1 Å². The number of halogens is 1. The highest BCUT2D eigenvalue weighted by Crippen LogP contribution is 2.36. The number of nitrogens with one attached hydrogen (secondary N) is 1. The molecule has 0 bridgehead atoms. The highest BCUT2D eigenvalue weighted by atomic mass is 35.5. The van der Waals surface area contributed by atoms with Crippen LogP contribution in [-0.2, 0) is 11.5 Å². The quantitative estimate of drug-likeness (QED) is 0.639. The molecule has 0 spiro atoms. The molecule has 3 aromatic rings. The summed E-state index contributed by atoms with van der Waals surface area (Å²) < 4.78 is 1.82. The van der Waals surface area contributed by atoms with E-state index in [0.717, 1.165) is 56.5 Å². The second-order valence-corrected chi connectivity index (χ2v) is 8.30. The van der Waals surface area contributed by atoms with Gasteiger partial charge in [0, 0.05) is 27.7 Å². The average Bonchev–Trinajstić information content (AvgIpc) is 3.17. The summed E-state index contributed by atoms with van der Waals surface area (Å²) in [6.07, 6.45) is 0. The van der Waals surface area contributed by atoms with Gasteiger partial charge in [-0.15, -0.1) is 0 Å². The van der Waals surface area contributed by atoms with Gasteiger partial charge in [-0.05, 0) is 56.2 Å². The second kappa shape index (κ2) is 7.06. The zero-order valence-electron chi connectivity index (χ0n) is 15.5. The molecule has 1 aromatic heterocycles. The smallest absolute Gasteiger partial charge is 0.257 e. The number of carbonyl (C=O) groups excluding carboxylic acids is 1. The summed E-state index contributed by atoms with van der Waals surface area (Å²) in [6, 6.07) is 11.6. The molecule has 0 unspecified atom stereocenters. The van der Waals surface area contributed by atoms with Crippen molar-refractivity contribution in [3.8, 4) is 5.69 Å². The molecule has 1 aliphatic heterocycles. The van der Waals surface area contributed by atoms with E-state index in [4.69, 9.17) is 16.7 Å². The van der Waals surface area contributed by atoms with Gasteiger partial charge in [0.2, 0.25) is 0 Å². The average molecular weight is 398 g/mol. The van der Waals surface area contributed by atoms with E-state index in [0.29, 0.717) is 5.02 Å². The van der Waals surface area contributed by atoms with E-state index in [2.05, 4.69) is 5.32 Å². The Bertz CT molecular complexity index is 1020. The molecule has 0 aliphatic carbocycles. The van der Waals surface area contributed by atoms with Gasteiger partial charge in [-0.25, -0.2) is 4.68 Å². The van der Waals surface area contributed by atoms with Crippen LogP contribution in [-0.4, -0.2) is 15.7 Å². The van der Waals surface area contributed by atoms with Gasteiger partial charge in [-0.1, -0.05) is 29.3 Å². The van der Waals surface area contributed by atoms with Gasteiger partial charge in [0.1, 0.15) is 5.82 Å². The lowest BCUT2D eigenvalue weighted by molar-refractivity contribution is 0.102. The number of anilines is 1. The first kappa shape index (κ1) is 18.1. The van der Waals surface area contributed by atoms with E-state index in [9.17, 15) is 4.79 Å². The lowest BCUT2D eigenvalue weighted by Crippen LogP contribution is -2.18. The maximum atomic E-state index is 13.1. The lowest BCUT2D eigenvalue weighted by atomic mass is 9.99. The van der Waals surface area contributed by atoms with Crippen molar-refractivity contribution < 1.29 is 4.79 Å². The van der Waals surface area contributed by atoms with Gasteiger partial charge in [0.25, 0.3) is 5.91 Å². The highest BCUT2D eigenvalue weighted by Gasteiger charge is 2.25. The Kier molecular flexibility index (Phi) is 4.74. The van der Waals surface area contributed by atoms with Crippen LogP contribution < -0.4 is 5.32 Å². The van der Waals surface area contributed by atoms with Crippen LogP contribution in [0.2, 0.25) is 5.02 Å². The fourth-order valence-corrected chi connectivity index (χ4v) is 4.78. The first-order valence-corrected chi connectivity index (χ1v) is 10.3. The Hall–Kier alpha value is -2.24. The third-order valence-corrected chi connectivity index (χ3v) is 5.98. The number of rotatable bonds is 3. The molecule has 0 atom stereocenters. The fraction of sp³-hybridized carbons (Fsp3) is 0.238. The van der Waals surface area contributed by atoms with Crippen LogP contribution in [0.25, 0.3) is 5.69 Å². The number of fused-ring (bicyclic) bond motifs is 1. The van der Waals surface area contributed by atoms with Crippen LogP contribution in [0.3, 0.4) is 0 Å². The summed E-state index contributed by atoms with van der Waals surface area (Å²) in [5, 5.41) is 8.54. The number of nitrogens with zero attached hydrogens (tertiary/aromatic N) is 2. The largest absolute Gasteiger partial charge is 0.306 e. The Labute approximate surface area is 167 Å². The molecule has 4 nitrogen and oxygen atoms in total. The molecule has 1 amide bonds. The van der Waals surface area contributed by atoms with Crippen LogP contribution in [0.15, 0.2) is 36.4 Å². The van der Waals surface area contributed by atoms with Gasteiger partial charge < -0.3 is 5.32 Å². The SMILES string of the molecule is Cc1cc(C)c(C(=O)Nc2c3c(nn2-c2ccc(Cl)cc2)CSC3)c(C)c1. The van der Waals surface area contributed by atoms with Crippen molar-refractivity contribution in [2.75, 3.05) is 5.32 Å². The minimum atomic E-state index is -0.0974. The summed E-state index contributed by atoms with van der Waals surface area (Å²) in [4.78, 5) is 13.1. The fourth-order valence-electron chi connectivity index (χ4n) is 3.62. The van der Waals surface area contributed by atoms with Gasteiger partial charge in [-0.3, -0.25) is 4.79 Å². The standard InChI is InChI=1S/C21H20ClN3OS/c1-12-8-13(2)19(14(3)9-12)21(26)23-20-17-10-27-11-18(17)24-25(20)16-6-4-15(22)5-7-16/h4-9H,10-11H2,1-3H3,(H,23,26). The van der Waals surface area contributed by atoms with Crippen molar-refractivity contribution in [2.45, 2.75) is 32.3 Å². The van der Waals surface area contributed by atoms with Crippen LogP contribution in [0.1, 0.15) is 38.3 Å². The Morgan fingerprint density at radius 2 is 1.78 bits per heavy atom. The minimum absolute atomic E-state index is 0.0974. The minimum Gasteiger partial charge on any atom is -0.306 e. The molecular weight excluding hydrogens is 378 g/mol. The number of hydrogen-bond acceptors (Lipinski definition) is 3. The molecule has 138 valence electrons. The molecule has 2 aromatic carbocycles. The number of hydrogen-bond donors (Lipinski definition) is 1. The zero-order chi connectivity index (χ0) is 19.1. The normalized spacial score (nSPS) is 12.9. The number of thioether (sulfide) groups is 1. The van der Waals surface area contributed by atoms with E-state index < -0.39 is 0 Å². The maximum Gasteiger partial charge on any atom is 0.257 e. The van der Waals surface area contributed by atoms with E-state index in [-0.39, 0.29) is 5.91 Å². The van der Waals surface area contributed by atoms with Gasteiger partial charge in [-0.2, -0.15) is 16.9 Å². The molecule has 0 saturated heterocycles. The molecule has 0 fully saturated rings. The van der Waals surface area contributed by atoms with E-state index >= 15 is 0 Å². The van der Waals surface area contributed by atoms with Crippen molar-refractivity contribution in [3.63, 3.8) is 0 Å². The number of aryl methyl sites for hydroxylation is 3. The predicted octanol–water partition coefficient (Wildman–Crippen LogP) is 5.45. The highest BCUT2D eigenvalue weighted by molar-refractivity contribution is 7.98. The Morgan fingerprint density at radius 3 is 2.44 bits per heavy atom. The van der Waals surface area contributed by atoms with Gasteiger partial charge in [0.15, 0.2) is 0 Å². The topological polar surface area (TPSA) is 46.9 Å². The maximum absolute atomic E-state index is 13.1. The molecule has 1 N–H and O–H groups in total. The van der Waals surface area contributed by atoms with E-state index in [1.54, 1.807) is 0 Å². The molecule has 2 heterocycles. The number of benzene rings is 2. The van der Waals surface area contributed by atoms with Crippen molar-refractivity contribution in [1.82, 2.24) is 9.78 Å². The zero-order valence-corrected chi connectivity index (χ0v) is 17.0. The van der Waals surface area contributed by atoms with E-state index in [1.165, 1.54) is 0 Å². The molecule has 0 radical (unpaired) electrons. The van der Waals surface area contributed by atoms with Crippen molar-refractivity contribution in [1.29, 1.82) is 0 Å². The number of aromatic nitrogens is 2. The molecular formula is C21H20ClN3OS. The molecule has 4 rings (SSSR count). The molecule has 1 aliphatic rings. The third kappa shape index (κ3) is 3.37. The summed E-state index contributed by atoms with van der Waals surface area (Å²) in [7, 11) is 0.